The van der Waals surface area contributed by atoms with Crippen molar-refractivity contribution in [3.05, 3.63) is 146 Å². The van der Waals surface area contributed by atoms with Crippen LogP contribution in [0.15, 0.2) is 146 Å². The minimum atomic E-state index is 0.845. The molecule has 0 saturated heterocycles. The van der Waals surface area contributed by atoms with E-state index in [1.54, 1.807) is 0 Å². The molecular weight excluding hydrogens is 500 g/mol. The van der Waals surface area contributed by atoms with Gasteiger partial charge in [0.2, 0.25) is 0 Å². The highest BCUT2D eigenvalue weighted by Gasteiger charge is 2.14. The summed E-state index contributed by atoms with van der Waals surface area (Å²) in [7, 11) is 0. The van der Waals surface area contributed by atoms with Gasteiger partial charge in [0.25, 0.3) is 0 Å². The molecule has 4 heterocycles. The molecule has 4 heteroatoms. The minimum absolute atomic E-state index is 0.845. The zero-order valence-corrected chi connectivity index (χ0v) is 22.1. The summed E-state index contributed by atoms with van der Waals surface area (Å²) in [6, 6.07) is 44.5. The third-order valence-electron chi connectivity index (χ3n) is 7.71. The molecule has 0 radical (unpaired) electrons. The molecule has 0 unspecified atom stereocenters. The van der Waals surface area contributed by atoms with Gasteiger partial charge in [-0.25, -0.2) is 4.98 Å². The van der Waals surface area contributed by atoms with Gasteiger partial charge in [-0.15, -0.1) is 0 Å². The summed E-state index contributed by atoms with van der Waals surface area (Å²) in [6.45, 7) is 0. The third kappa shape index (κ3) is 4.05. The monoisotopic (exact) mass is 524 g/mol. The highest BCUT2D eigenvalue weighted by atomic mass is 15.0. The van der Waals surface area contributed by atoms with Crippen molar-refractivity contribution < 1.29 is 0 Å². The number of hydrogen-bond donors (Lipinski definition) is 0. The van der Waals surface area contributed by atoms with Crippen LogP contribution in [0, 0.1) is 0 Å². The predicted molar refractivity (Wildman–Crippen MR) is 168 cm³/mol. The van der Waals surface area contributed by atoms with E-state index in [1.165, 1.54) is 21.5 Å². The average molecular weight is 525 g/mol. The van der Waals surface area contributed by atoms with Crippen LogP contribution < -0.4 is 0 Å². The molecule has 192 valence electrons. The molecule has 8 rings (SSSR count). The van der Waals surface area contributed by atoms with Gasteiger partial charge in [0.15, 0.2) is 0 Å². The Kier molecular flexibility index (Phi) is 5.42. The Balaban J connectivity index is 1.33. The largest absolute Gasteiger partial charge is 0.308 e. The fraction of sp³-hybridized carbons (Fsp3) is 0. The van der Waals surface area contributed by atoms with Crippen molar-refractivity contribution >= 4 is 32.6 Å². The Morgan fingerprint density at radius 1 is 0.463 bits per heavy atom. The highest BCUT2D eigenvalue weighted by Crippen LogP contribution is 2.35. The maximum absolute atomic E-state index is 5.08. The fourth-order valence-corrected chi connectivity index (χ4v) is 5.76. The van der Waals surface area contributed by atoms with Crippen molar-refractivity contribution in [3.8, 4) is 39.5 Å². The summed E-state index contributed by atoms with van der Waals surface area (Å²) in [5, 5.41) is 4.82. The lowest BCUT2D eigenvalue weighted by Gasteiger charge is -2.13. The van der Waals surface area contributed by atoms with Crippen molar-refractivity contribution in [2.45, 2.75) is 0 Å². The summed E-state index contributed by atoms with van der Waals surface area (Å²) in [4.78, 5) is 14.2. The fourth-order valence-electron chi connectivity index (χ4n) is 5.76. The molecule has 0 amide bonds. The Hall–Kier alpha value is -5.61. The number of para-hydroxylation sites is 1. The van der Waals surface area contributed by atoms with Gasteiger partial charge < -0.3 is 4.57 Å². The number of aromatic nitrogens is 4. The van der Waals surface area contributed by atoms with Crippen molar-refractivity contribution in [1.29, 1.82) is 0 Å². The number of nitrogens with zero attached hydrogens (tertiary/aromatic N) is 4. The zero-order chi connectivity index (χ0) is 27.2. The van der Waals surface area contributed by atoms with E-state index in [0.717, 1.165) is 50.5 Å². The van der Waals surface area contributed by atoms with Crippen LogP contribution in [0.1, 0.15) is 0 Å². The minimum Gasteiger partial charge on any atom is -0.308 e. The molecule has 41 heavy (non-hydrogen) atoms. The maximum atomic E-state index is 5.08. The van der Waals surface area contributed by atoms with E-state index in [9.17, 15) is 0 Å². The Morgan fingerprint density at radius 2 is 1.29 bits per heavy atom. The van der Waals surface area contributed by atoms with Crippen LogP contribution in [0.5, 0.6) is 0 Å². The first kappa shape index (κ1) is 23.3. The number of rotatable bonds is 4. The van der Waals surface area contributed by atoms with Gasteiger partial charge in [0, 0.05) is 34.4 Å². The van der Waals surface area contributed by atoms with Crippen LogP contribution >= 0.6 is 0 Å². The third-order valence-corrected chi connectivity index (χ3v) is 7.71. The van der Waals surface area contributed by atoms with Gasteiger partial charge in [-0.05, 0) is 76.5 Å². The molecule has 4 aromatic carbocycles. The van der Waals surface area contributed by atoms with E-state index in [0.29, 0.717) is 0 Å². The zero-order valence-electron chi connectivity index (χ0n) is 22.1. The number of pyridine rings is 3. The molecule has 8 aromatic rings. The summed E-state index contributed by atoms with van der Waals surface area (Å²) < 4.78 is 2.30. The molecule has 0 N–H and O–H groups in total. The SMILES string of the molecule is c1ccc(-c2cc(-c3cccc(-n4c5ccccc5c5ccncc54)c3)cc(-c3ccc4ccccc4c3)n2)nc1. The van der Waals surface area contributed by atoms with Gasteiger partial charge in [-0.2, -0.15) is 0 Å². The summed E-state index contributed by atoms with van der Waals surface area (Å²) >= 11 is 0. The van der Waals surface area contributed by atoms with Gasteiger partial charge >= 0.3 is 0 Å². The molecular formula is C37H24N4. The van der Waals surface area contributed by atoms with Gasteiger partial charge in [0.1, 0.15) is 0 Å². The molecule has 0 fully saturated rings. The molecule has 0 spiro atoms. The van der Waals surface area contributed by atoms with E-state index in [-0.39, 0.29) is 0 Å². The lowest BCUT2D eigenvalue weighted by molar-refractivity contribution is 1.17. The first-order valence-electron chi connectivity index (χ1n) is 13.7. The van der Waals surface area contributed by atoms with Crippen LogP contribution in [-0.4, -0.2) is 19.5 Å². The maximum Gasteiger partial charge on any atom is 0.0899 e. The van der Waals surface area contributed by atoms with Crippen molar-refractivity contribution in [1.82, 2.24) is 19.5 Å². The number of benzene rings is 4. The van der Waals surface area contributed by atoms with Crippen LogP contribution in [-0.2, 0) is 0 Å². The van der Waals surface area contributed by atoms with Gasteiger partial charge in [-0.1, -0.05) is 72.8 Å². The lowest BCUT2D eigenvalue weighted by atomic mass is 9.99. The first-order valence-corrected chi connectivity index (χ1v) is 13.7. The summed E-state index contributed by atoms with van der Waals surface area (Å²) in [6.07, 6.45) is 5.63. The number of fused-ring (bicyclic) bond motifs is 4. The van der Waals surface area contributed by atoms with Crippen LogP contribution in [0.25, 0.3) is 72.0 Å². The van der Waals surface area contributed by atoms with Gasteiger partial charge in [-0.3, -0.25) is 9.97 Å². The Bertz CT molecular complexity index is 2160. The summed E-state index contributed by atoms with van der Waals surface area (Å²) in [5.41, 5.74) is 9.22. The average Bonchev–Trinajstić information content (AvgIpc) is 3.39. The first-order chi connectivity index (χ1) is 20.3. The van der Waals surface area contributed by atoms with Crippen molar-refractivity contribution in [2.24, 2.45) is 0 Å². The molecule has 4 nitrogen and oxygen atoms in total. The molecule has 0 aliphatic heterocycles. The van der Waals surface area contributed by atoms with Crippen molar-refractivity contribution in [3.63, 3.8) is 0 Å². The second-order valence-corrected chi connectivity index (χ2v) is 10.2. The standard InChI is InChI=1S/C37H24N4/c1-2-9-26-20-28(16-15-25(26)8-1)34-22-29(23-35(40-34)33-13-5-6-18-39-33)27-10-7-11-30(21-27)41-36-14-4-3-12-31(36)32-17-19-38-24-37(32)41/h1-24H. The lowest BCUT2D eigenvalue weighted by Crippen LogP contribution is -1.96. The molecule has 4 aromatic heterocycles. The van der Waals surface area contributed by atoms with E-state index >= 15 is 0 Å². The molecule has 0 atom stereocenters. The quantitative estimate of drug-likeness (QED) is 0.231. The van der Waals surface area contributed by atoms with Crippen LogP contribution in [0.2, 0.25) is 0 Å². The van der Waals surface area contributed by atoms with Crippen LogP contribution in [0.4, 0.5) is 0 Å². The normalized spacial score (nSPS) is 11.4. The molecule has 0 aliphatic rings. The van der Waals surface area contributed by atoms with Gasteiger partial charge in [0.05, 0.1) is 34.3 Å². The second-order valence-electron chi connectivity index (χ2n) is 10.2. The predicted octanol–water partition coefficient (Wildman–Crippen LogP) is 9.12. The molecule has 0 saturated carbocycles. The van der Waals surface area contributed by atoms with E-state index in [1.807, 2.05) is 36.8 Å². The molecule has 0 aliphatic carbocycles. The van der Waals surface area contributed by atoms with E-state index in [4.69, 9.17) is 4.98 Å². The van der Waals surface area contributed by atoms with Crippen molar-refractivity contribution in [2.75, 3.05) is 0 Å². The Labute approximate surface area is 237 Å². The second kappa shape index (κ2) is 9.54. The highest BCUT2D eigenvalue weighted by molar-refractivity contribution is 6.09. The van der Waals surface area contributed by atoms with E-state index < -0.39 is 0 Å². The summed E-state index contributed by atoms with van der Waals surface area (Å²) in [5.74, 6) is 0. The number of hydrogen-bond acceptors (Lipinski definition) is 3. The van der Waals surface area contributed by atoms with Crippen LogP contribution in [0.3, 0.4) is 0 Å². The molecule has 0 bridgehead atoms. The topological polar surface area (TPSA) is 43.6 Å². The smallest absolute Gasteiger partial charge is 0.0899 e. The van der Waals surface area contributed by atoms with E-state index in [2.05, 4.69) is 124 Å². The Morgan fingerprint density at radius 3 is 2.22 bits per heavy atom.